The maximum absolute atomic E-state index is 2.68. The molecule has 0 bridgehead atoms. The number of anilines is 6. The maximum Gasteiger partial charge on any atom is 0.0545 e. The van der Waals surface area contributed by atoms with Crippen LogP contribution in [-0.2, 0) is 16.2 Å². The number of para-hydroxylation sites is 2. The second-order valence-corrected chi connectivity index (χ2v) is 17.5. The van der Waals surface area contributed by atoms with Gasteiger partial charge < -0.3 is 9.80 Å². The molecule has 11 rings (SSSR count). The van der Waals surface area contributed by atoms with Crippen molar-refractivity contribution in [3.63, 3.8) is 0 Å². The van der Waals surface area contributed by atoms with Crippen molar-refractivity contribution >= 4 is 55.7 Å². The van der Waals surface area contributed by atoms with Crippen molar-refractivity contribution in [2.24, 2.45) is 0 Å². The highest BCUT2D eigenvalue weighted by Gasteiger charge is 2.52. The first-order valence-corrected chi connectivity index (χ1v) is 19.7. The predicted molar refractivity (Wildman–Crippen MR) is 233 cm³/mol. The summed E-state index contributed by atoms with van der Waals surface area (Å²) in [6.45, 7) is 14.7. The summed E-state index contributed by atoms with van der Waals surface area (Å²) < 4.78 is 0. The minimum Gasteiger partial charge on any atom is -0.310 e. The molecule has 0 fully saturated rings. The summed E-state index contributed by atoms with van der Waals surface area (Å²) in [5.74, 6) is 0. The number of benzene rings is 8. The summed E-state index contributed by atoms with van der Waals surface area (Å²) in [5.41, 5.74) is 17.7. The molecule has 266 valence electrons. The molecule has 0 spiro atoms. The summed E-state index contributed by atoms with van der Waals surface area (Å²) in [6.07, 6.45) is 0. The second kappa shape index (κ2) is 11.0. The smallest absolute Gasteiger partial charge is 0.0545 e. The number of hydrogen-bond donors (Lipinski definition) is 0. The first kappa shape index (κ1) is 32.3. The Morgan fingerprint density at radius 3 is 1.55 bits per heavy atom. The number of nitrogens with zero attached hydrogens (tertiary/aromatic N) is 2. The standard InChI is InChI=1S/C53H44N2/c1-51(2)42-24-15-25-43-48(42)55-49-44(51)29-36(41-23-14-19-34-17-12-13-22-40(34)41)30-45(49)53(5,6)47-32-39(31-46(50(47)55)52(43,3)4)54(37-20-8-7-9-21-37)38-27-26-33-16-10-11-18-35(33)28-38/h7-32H,1-6H3. The molecule has 8 aromatic rings. The molecule has 0 saturated carbocycles. The fraction of sp³-hybridized carbons (Fsp3) is 0.170. The summed E-state index contributed by atoms with van der Waals surface area (Å²) in [4.78, 5) is 5.15. The van der Waals surface area contributed by atoms with E-state index in [1.165, 1.54) is 88.8 Å². The highest BCUT2D eigenvalue weighted by molar-refractivity contribution is 6.03. The minimum atomic E-state index is -0.303. The predicted octanol–water partition coefficient (Wildman–Crippen LogP) is 14.5. The van der Waals surface area contributed by atoms with Gasteiger partial charge in [0.15, 0.2) is 0 Å². The van der Waals surface area contributed by atoms with Gasteiger partial charge in [0.2, 0.25) is 0 Å². The molecule has 3 aliphatic rings. The third-order valence-corrected chi connectivity index (χ3v) is 13.3. The molecule has 0 aliphatic carbocycles. The van der Waals surface area contributed by atoms with E-state index in [1.807, 2.05) is 0 Å². The normalized spacial score (nSPS) is 16.2. The zero-order valence-electron chi connectivity index (χ0n) is 32.4. The number of rotatable bonds is 4. The van der Waals surface area contributed by atoms with Crippen molar-refractivity contribution in [1.29, 1.82) is 0 Å². The van der Waals surface area contributed by atoms with E-state index in [2.05, 4.69) is 209 Å². The van der Waals surface area contributed by atoms with Gasteiger partial charge in [-0.15, -0.1) is 0 Å². The van der Waals surface area contributed by atoms with Crippen molar-refractivity contribution < 1.29 is 0 Å². The Bertz CT molecular complexity index is 2910. The van der Waals surface area contributed by atoms with Crippen LogP contribution < -0.4 is 9.80 Å². The molecule has 0 aromatic heterocycles. The minimum absolute atomic E-state index is 0.201. The van der Waals surface area contributed by atoms with Crippen LogP contribution in [0.1, 0.15) is 74.9 Å². The Kier molecular flexibility index (Phi) is 6.45. The van der Waals surface area contributed by atoms with Gasteiger partial charge in [-0.05, 0) is 115 Å². The number of hydrogen-bond acceptors (Lipinski definition) is 2. The van der Waals surface area contributed by atoms with Gasteiger partial charge in [0, 0.05) is 33.3 Å². The average Bonchev–Trinajstić information content (AvgIpc) is 3.20. The van der Waals surface area contributed by atoms with Crippen LogP contribution in [0.25, 0.3) is 32.7 Å². The van der Waals surface area contributed by atoms with Crippen LogP contribution in [0.3, 0.4) is 0 Å². The molecule has 0 saturated heterocycles. The lowest BCUT2D eigenvalue weighted by molar-refractivity contribution is 0.567. The van der Waals surface area contributed by atoms with Gasteiger partial charge in [-0.1, -0.05) is 151 Å². The quantitative estimate of drug-likeness (QED) is 0.180. The van der Waals surface area contributed by atoms with Gasteiger partial charge >= 0.3 is 0 Å². The zero-order chi connectivity index (χ0) is 37.4. The van der Waals surface area contributed by atoms with Gasteiger partial charge in [0.05, 0.1) is 17.1 Å². The molecule has 0 amide bonds. The highest BCUT2D eigenvalue weighted by Crippen LogP contribution is 2.67. The molecule has 3 aliphatic heterocycles. The topological polar surface area (TPSA) is 6.48 Å². The van der Waals surface area contributed by atoms with E-state index in [0.29, 0.717) is 0 Å². The third kappa shape index (κ3) is 4.31. The van der Waals surface area contributed by atoms with E-state index in [1.54, 1.807) is 0 Å². The molecule has 2 nitrogen and oxygen atoms in total. The summed E-state index contributed by atoms with van der Waals surface area (Å²) in [7, 11) is 0. The largest absolute Gasteiger partial charge is 0.310 e. The molecule has 0 radical (unpaired) electrons. The van der Waals surface area contributed by atoms with Crippen LogP contribution in [-0.4, -0.2) is 0 Å². The van der Waals surface area contributed by atoms with Crippen molar-refractivity contribution in [2.75, 3.05) is 9.80 Å². The van der Waals surface area contributed by atoms with E-state index in [4.69, 9.17) is 0 Å². The fourth-order valence-electron chi connectivity index (χ4n) is 10.3. The van der Waals surface area contributed by atoms with Gasteiger partial charge in [0.1, 0.15) is 0 Å². The zero-order valence-corrected chi connectivity index (χ0v) is 32.4. The van der Waals surface area contributed by atoms with Gasteiger partial charge in [-0.25, -0.2) is 0 Å². The Morgan fingerprint density at radius 1 is 0.364 bits per heavy atom. The van der Waals surface area contributed by atoms with Gasteiger partial charge in [-0.3, -0.25) is 0 Å². The van der Waals surface area contributed by atoms with Crippen LogP contribution in [0, 0.1) is 0 Å². The lowest BCUT2D eigenvalue weighted by Gasteiger charge is -2.55. The third-order valence-electron chi connectivity index (χ3n) is 13.3. The molecule has 55 heavy (non-hydrogen) atoms. The molecule has 2 heteroatoms. The van der Waals surface area contributed by atoms with Crippen LogP contribution in [0.4, 0.5) is 34.1 Å². The van der Waals surface area contributed by atoms with Crippen LogP contribution >= 0.6 is 0 Å². The first-order chi connectivity index (χ1) is 26.5. The highest BCUT2D eigenvalue weighted by atomic mass is 15.2. The fourth-order valence-corrected chi connectivity index (χ4v) is 10.3. The van der Waals surface area contributed by atoms with Crippen LogP contribution in [0.15, 0.2) is 158 Å². The summed E-state index contributed by atoms with van der Waals surface area (Å²) in [5, 5.41) is 5.05. The molecule has 3 heterocycles. The van der Waals surface area contributed by atoms with Crippen molar-refractivity contribution in [3.8, 4) is 11.1 Å². The Balaban J connectivity index is 1.24. The Labute approximate surface area is 324 Å². The lowest BCUT2D eigenvalue weighted by atomic mass is 9.60. The Morgan fingerprint density at radius 2 is 0.873 bits per heavy atom. The SMILES string of the molecule is CC1(C)c2cccc3c2N2c4c1cc(-c1cccc5ccccc15)cc4C(C)(C)c1cc(N(c4ccccc4)c4ccc5ccccc5c4)cc(c12)C3(C)C. The molecule has 0 N–H and O–H groups in total. The first-order valence-electron chi connectivity index (χ1n) is 19.7. The lowest BCUT2D eigenvalue weighted by Crippen LogP contribution is -2.43. The van der Waals surface area contributed by atoms with Crippen molar-refractivity contribution in [1.82, 2.24) is 0 Å². The van der Waals surface area contributed by atoms with Gasteiger partial charge in [-0.2, -0.15) is 0 Å². The van der Waals surface area contributed by atoms with E-state index in [-0.39, 0.29) is 16.2 Å². The van der Waals surface area contributed by atoms with E-state index in [0.717, 1.165) is 11.4 Å². The van der Waals surface area contributed by atoms with Crippen molar-refractivity contribution in [3.05, 3.63) is 191 Å². The Hall–Kier alpha value is -6.12. The molecule has 0 atom stereocenters. The number of fused-ring (bicyclic) bond motifs is 2. The van der Waals surface area contributed by atoms with E-state index >= 15 is 0 Å². The molecular weight excluding hydrogens is 665 g/mol. The van der Waals surface area contributed by atoms with E-state index in [9.17, 15) is 0 Å². The summed E-state index contributed by atoms with van der Waals surface area (Å²) >= 11 is 0. The molecule has 8 aromatic carbocycles. The molecular formula is C53H44N2. The maximum atomic E-state index is 2.68. The summed E-state index contributed by atoms with van der Waals surface area (Å²) in [6, 6.07) is 59.2. The molecule has 0 unspecified atom stereocenters. The second-order valence-electron chi connectivity index (χ2n) is 17.5. The van der Waals surface area contributed by atoms with Crippen LogP contribution in [0.5, 0.6) is 0 Å². The van der Waals surface area contributed by atoms with Crippen LogP contribution in [0.2, 0.25) is 0 Å². The van der Waals surface area contributed by atoms with Crippen molar-refractivity contribution in [2.45, 2.75) is 57.8 Å². The van der Waals surface area contributed by atoms with Gasteiger partial charge in [0.25, 0.3) is 0 Å². The average molecular weight is 709 g/mol. The van der Waals surface area contributed by atoms with E-state index < -0.39 is 0 Å². The monoisotopic (exact) mass is 708 g/mol.